The lowest BCUT2D eigenvalue weighted by Gasteiger charge is -2.17. The van der Waals surface area contributed by atoms with Crippen LogP contribution in [0.3, 0.4) is 0 Å². The summed E-state index contributed by atoms with van der Waals surface area (Å²) < 4.78 is 0. The Kier molecular flexibility index (Phi) is 6.01. The maximum atomic E-state index is 6.12. The average molecular weight is 254 g/mol. The number of rotatable bonds is 7. The molecule has 0 spiro atoms. The highest BCUT2D eigenvalue weighted by Gasteiger charge is 2.06. The summed E-state index contributed by atoms with van der Waals surface area (Å²) in [6.45, 7) is 8.32. The van der Waals surface area contributed by atoms with Gasteiger partial charge in [0, 0.05) is 20.1 Å². The molecular formula is C13H20ClN3. The molecule has 1 N–H and O–H groups in total. The van der Waals surface area contributed by atoms with Crippen molar-refractivity contribution in [3.05, 3.63) is 35.5 Å². The molecule has 0 unspecified atom stereocenters. The molecule has 0 aliphatic rings. The van der Waals surface area contributed by atoms with E-state index in [0.29, 0.717) is 11.6 Å². The number of likely N-dealkylation sites (N-methyl/N-ethyl adjacent to an activating group) is 1. The van der Waals surface area contributed by atoms with Crippen molar-refractivity contribution in [3.63, 3.8) is 0 Å². The third-order valence-electron chi connectivity index (χ3n) is 2.42. The zero-order valence-corrected chi connectivity index (χ0v) is 11.3. The van der Waals surface area contributed by atoms with Gasteiger partial charge in [0.25, 0.3) is 0 Å². The number of nitrogens with one attached hydrogen (secondary N) is 1. The highest BCUT2D eigenvalue weighted by molar-refractivity contribution is 6.31. The van der Waals surface area contributed by atoms with Crippen molar-refractivity contribution in [1.29, 1.82) is 0 Å². The SMILES string of the molecule is C=CCN(C)c1ccc(Cl)c(CNCCC)n1. The van der Waals surface area contributed by atoms with Crippen LogP contribution in [0, 0.1) is 0 Å². The summed E-state index contributed by atoms with van der Waals surface area (Å²) >= 11 is 6.12. The third-order valence-corrected chi connectivity index (χ3v) is 2.76. The van der Waals surface area contributed by atoms with Gasteiger partial charge in [0.05, 0.1) is 10.7 Å². The van der Waals surface area contributed by atoms with Gasteiger partial charge in [0.2, 0.25) is 0 Å². The molecule has 0 fully saturated rings. The Labute approximate surface area is 108 Å². The van der Waals surface area contributed by atoms with Crippen LogP contribution in [0.15, 0.2) is 24.8 Å². The highest BCUT2D eigenvalue weighted by atomic mass is 35.5. The smallest absolute Gasteiger partial charge is 0.128 e. The van der Waals surface area contributed by atoms with Crippen LogP contribution < -0.4 is 10.2 Å². The summed E-state index contributed by atoms with van der Waals surface area (Å²) in [5.41, 5.74) is 0.897. The summed E-state index contributed by atoms with van der Waals surface area (Å²) in [5, 5.41) is 4.02. The minimum absolute atomic E-state index is 0.711. The predicted molar refractivity (Wildman–Crippen MR) is 74.7 cm³/mol. The van der Waals surface area contributed by atoms with Gasteiger partial charge in [0.1, 0.15) is 5.82 Å². The standard InChI is InChI=1S/C13H20ClN3/c1-4-8-15-10-12-11(14)6-7-13(16-12)17(3)9-5-2/h5-7,15H,2,4,8-10H2,1,3H3. The van der Waals surface area contributed by atoms with Crippen LogP contribution in [0.4, 0.5) is 5.82 Å². The summed E-state index contributed by atoms with van der Waals surface area (Å²) in [6, 6.07) is 3.82. The molecule has 4 heteroatoms. The summed E-state index contributed by atoms with van der Waals surface area (Å²) in [4.78, 5) is 6.58. The molecule has 0 aliphatic carbocycles. The molecule has 0 aromatic carbocycles. The van der Waals surface area contributed by atoms with E-state index < -0.39 is 0 Å². The van der Waals surface area contributed by atoms with Gasteiger partial charge in [-0.25, -0.2) is 4.98 Å². The Balaban J connectivity index is 2.75. The molecule has 3 nitrogen and oxygen atoms in total. The van der Waals surface area contributed by atoms with E-state index in [1.165, 1.54) is 0 Å². The van der Waals surface area contributed by atoms with Gasteiger partial charge in [-0.15, -0.1) is 6.58 Å². The van der Waals surface area contributed by atoms with Gasteiger partial charge in [-0.3, -0.25) is 0 Å². The van der Waals surface area contributed by atoms with E-state index in [-0.39, 0.29) is 0 Å². The Hall–Kier alpha value is -1.06. The van der Waals surface area contributed by atoms with E-state index >= 15 is 0 Å². The summed E-state index contributed by atoms with van der Waals surface area (Å²) in [7, 11) is 1.99. The second-order valence-electron chi connectivity index (χ2n) is 3.94. The Morgan fingerprint density at radius 3 is 2.94 bits per heavy atom. The molecule has 1 rings (SSSR count). The van der Waals surface area contributed by atoms with Crippen LogP contribution in [0.2, 0.25) is 5.02 Å². The first kappa shape index (κ1) is 14.0. The van der Waals surface area contributed by atoms with Gasteiger partial charge in [-0.05, 0) is 25.1 Å². The minimum atomic E-state index is 0.711. The van der Waals surface area contributed by atoms with Crippen molar-refractivity contribution in [3.8, 4) is 0 Å². The van der Waals surface area contributed by atoms with E-state index in [2.05, 4.69) is 23.8 Å². The fraction of sp³-hybridized carbons (Fsp3) is 0.462. The van der Waals surface area contributed by atoms with E-state index in [4.69, 9.17) is 11.6 Å². The monoisotopic (exact) mass is 253 g/mol. The van der Waals surface area contributed by atoms with Crippen molar-refractivity contribution >= 4 is 17.4 Å². The molecule has 0 aliphatic heterocycles. The van der Waals surface area contributed by atoms with Crippen LogP contribution in [0.5, 0.6) is 0 Å². The molecule has 0 saturated carbocycles. The highest BCUT2D eigenvalue weighted by Crippen LogP contribution is 2.18. The van der Waals surface area contributed by atoms with Gasteiger partial charge < -0.3 is 10.2 Å². The van der Waals surface area contributed by atoms with Crippen LogP contribution in [-0.2, 0) is 6.54 Å². The number of halogens is 1. The number of hydrogen-bond donors (Lipinski definition) is 1. The zero-order chi connectivity index (χ0) is 12.7. The minimum Gasteiger partial charge on any atom is -0.356 e. The van der Waals surface area contributed by atoms with E-state index in [0.717, 1.165) is 31.0 Å². The largest absolute Gasteiger partial charge is 0.356 e. The van der Waals surface area contributed by atoms with Crippen LogP contribution in [-0.4, -0.2) is 25.1 Å². The molecule has 0 atom stereocenters. The maximum absolute atomic E-state index is 6.12. The maximum Gasteiger partial charge on any atom is 0.128 e. The Bertz CT molecular complexity index is 366. The molecule has 1 aromatic rings. The van der Waals surface area contributed by atoms with Crippen molar-refractivity contribution in [1.82, 2.24) is 10.3 Å². The lowest BCUT2D eigenvalue weighted by molar-refractivity contribution is 0.664. The van der Waals surface area contributed by atoms with Crippen molar-refractivity contribution in [2.24, 2.45) is 0 Å². The molecule has 0 saturated heterocycles. The number of nitrogens with zero attached hydrogens (tertiary/aromatic N) is 2. The average Bonchev–Trinajstić information content (AvgIpc) is 2.32. The normalized spacial score (nSPS) is 10.3. The van der Waals surface area contributed by atoms with Gasteiger partial charge in [-0.1, -0.05) is 24.6 Å². The van der Waals surface area contributed by atoms with E-state index in [1.807, 2.05) is 30.2 Å². The van der Waals surface area contributed by atoms with Crippen LogP contribution >= 0.6 is 11.6 Å². The first-order valence-corrected chi connectivity index (χ1v) is 6.25. The molecule has 17 heavy (non-hydrogen) atoms. The van der Waals surface area contributed by atoms with Crippen LogP contribution in [0.25, 0.3) is 0 Å². The Morgan fingerprint density at radius 1 is 1.53 bits per heavy atom. The van der Waals surface area contributed by atoms with Gasteiger partial charge >= 0.3 is 0 Å². The topological polar surface area (TPSA) is 28.2 Å². The quantitative estimate of drug-likeness (QED) is 0.598. The van der Waals surface area contributed by atoms with E-state index in [9.17, 15) is 0 Å². The predicted octanol–water partition coefficient (Wildman–Crippen LogP) is 2.86. The van der Waals surface area contributed by atoms with Gasteiger partial charge in [0.15, 0.2) is 0 Å². The number of aromatic nitrogens is 1. The number of hydrogen-bond acceptors (Lipinski definition) is 3. The molecule has 1 heterocycles. The summed E-state index contributed by atoms with van der Waals surface area (Å²) in [6.07, 6.45) is 2.96. The second kappa shape index (κ2) is 7.30. The number of anilines is 1. The second-order valence-corrected chi connectivity index (χ2v) is 4.35. The third kappa shape index (κ3) is 4.36. The lowest BCUT2D eigenvalue weighted by atomic mass is 10.3. The molecule has 1 aromatic heterocycles. The lowest BCUT2D eigenvalue weighted by Crippen LogP contribution is -2.20. The molecule has 0 amide bonds. The first-order chi connectivity index (χ1) is 8.19. The van der Waals surface area contributed by atoms with Crippen LogP contribution in [0.1, 0.15) is 19.0 Å². The van der Waals surface area contributed by atoms with Crippen molar-refractivity contribution < 1.29 is 0 Å². The summed E-state index contributed by atoms with van der Waals surface area (Å²) in [5.74, 6) is 0.919. The Morgan fingerprint density at radius 2 is 2.29 bits per heavy atom. The molecular weight excluding hydrogens is 234 g/mol. The van der Waals surface area contributed by atoms with Crippen molar-refractivity contribution in [2.75, 3.05) is 25.0 Å². The fourth-order valence-electron chi connectivity index (χ4n) is 1.48. The first-order valence-electron chi connectivity index (χ1n) is 5.87. The molecule has 0 radical (unpaired) electrons. The van der Waals surface area contributed by atoms with E-state index in [1.54, 1.807) is 0 Å². The number of pyridine rings is 1. The molecule has 94 valence electrons. The fourth-order valence-corrected chi connectivity index (χ4v) is 1.65. The van der Waals surface area contributed by atoms with Crippen molar-refractivity contribution in [2.45, 2.75) is 19.9 Å². The van der Waals surface area contributed by atoms with Gasteiger partial charge in [-0.2, -0.15) is 0 Å². The zero-order valence-electron chi connectivity index (χ0n) is 10.5. The molecule has 0 bridgehead atoms.